The molecule has 1 aromatic carbocycles. The molecular formula is C18H22O4. The van der Waals surface area contributed by atoms with Crippen LogP contribution in [0.3, 0.4) is 0 Å². The zero-order chi connectivity index (χ0) is 15.4. The summed E-state index contributed by atoms with van der Waals surface area (Å²) < 4.78 is 22.0. The third-order valence-corrected chi connectivity index (χ3v) is 4.15. The Balaban J connectivity index is 1.70. The maximum atomic E-state index is 5.73. The molecule has 1 aromatic rings. The fraction of sp³-hybridized carbons (Fsp3) is 0.444. The van der Waals surface area contributed by atoms with E-state index in [0.29, 0.717) is 13.2 Å². The van der Waals surface area contributed by atoms with Crippen molar-refractivity contribution >= 4 is 6.08 Å². The molecule has 3 rings (SSSR count). The van der Waals surface area contributed by atoms with Crippen molar-refractivity contribution in [3.8, 4) is 11.5 Å². The third kappa shape index (κ3) is 3.34. The van der Waals surface area contributed by atoms with Gasteiger partial charge in [-0.1, -0.05) is 23.8 Å². The van der Waals surface area contributed by atoms with E-state index in [1.807, 2.05) is 18.2 Å². The van der Waals surface area contributed by atoms with E-state index in [9.17, 15) is 0 Å². The molecule has 0 amide bonds. The highest BCUT2D eigenvalue weighted by Crippen LogP contribution is 2.35. The molecule has 0 N–H and O–H groups in total. The number of allylic oxidation sites excluding steroid dienone is 2. The Kier molecular flexibility index (Phi) is 4.50. The predicted molar refractivity (Wildman–Crippen MR) is 85.1 cm³/mol. The van der Waals surface area contributed by atoms with Crippen LogP contribution in [0.5, 0.6) is 11.5 Å². The number of hydrogen-bond acceptors (Lipinski definition) is 4. The molecule has 0 radical (unpaired) electrons. The normalized spacial score (nSPS) is 20.4. The number of ether oxygens (including phenoxy) is 4. The van der Waals surface area contributed by atoms with Crippen molar-refractivity contribution in [2.24, 2.45) is 0 Å². The van der Waals surface area contributed by atoms with Gasteiger partial charge in [0.05, 0.1) is 27.4 Å². The van der Waals surface area contributed by atoms with Gasteiger partial charge in [-0.25, -0.2) is 0 Å². The van der Waals surface area contributed by atoms with Gasteiger partial charge in [0.2, 0.25) is 0 Å². The molecule has 4 nitrogen and oxygen atoms in total. The van der Waals surface area contributed by atoms with Gasteiger partial charge in [-0.3, -0.25) is 0 Å². The van der Waals surface area contributed by atoms with E-state index in [-0.39, 0.29) is 5.79 Å². The molecule has 118 valence electrons. The standard InChI is InChI=1S/C18H22O4/c1-19-16-11-15(12-17(13-16)20-2)4-3-14-5-7-18(8-6-14)21-9-10-22-18/h3-5,11-13H,6-10H2,1-2H3/b4-3+. The lowest BCUT2D eigenvalue weighted by molar-refractivity contribution is -0.161. The first-order chi connectivity index (χ1) is 10.7. The monoisotopic (exact) mass is 302 g/mol. The fourth-order valence-electron chi connectivity index (χ4n) is 2.87. The second-order valence-corrected chi connectivity index (χ2v) is 5.57. The number of hydrogen-bond donors (Lipinski definition) is 0. The minimum Gasteiger partial charge on any atom is -0.497 e. The molecule has 0 aromatic heterocycles. The van der Waals surface area contributed by atoms with Gasteiger partial charge in [0, 0.05) is 18.9 Å². The molecule has 1 aliphatic heterocycles. The third-order valence-electron chi connectivity index (χ3n) is 4.15. The largest absolute Gasteiger partial charge is 0.497 e. The molecule has 2 aliphatic rings. The molecule has 1 spiro atoms. The van der Waals surface area contributed by atoms with Crippen molar-refractivity contribution in [1.29, 1.82) is 0 Å². The van der Waals surface area contributed by atoms with Gasteiger partial charge in [0.1, 0.15) is 11.5 Å². The minimum atomic E-state index is -0.351. The first-order valence-corrected chi connectivity index (χ1v) is 7.61. The van der Waals surface area contributed by atoms with Crippen molar-refractivity contribution in [3.63, 3.8) is 0 Å². The molecule has 1 aliphatic carbocycles. The molecular weight excluding hydrogens is 280 g/mol. The zero-order valence-corrected chi connectivity index (χ0v) is 13.1. The molecule has 1 heterocycles. The lowest BCUT2D eigenvalue weighted by atomic mass is 9.93. The first-order valence-electron chi connectivity index (χ1n) is 7.61. The van der Waals surface area contributed by atoms with Gasteiger partial charge < -0.3 is 18.9 Å². The van der Waals surface area contributed by atoms with Gasteiger partial charge in [-0.2, -0.15) is 0 Å². The summed E-state index contributed by atoms with van der Waals surface area (Å²) in [6, 6.07) is 5.86. The zero-order valence-electron chi connectivity index (χ0n) is 13.1. The summed E-state index contributed by atoms with van der Waals surface area (Å²) in [6.07, 6.45) is 9.17. The molecule has 0 saturated carbocycles. The highest BCUT2D eigenvalue weighted by Gasteiger charge is 2.37. The van der Waals surface area contributed by atoms with Crippen LogP contribution in [-0.2, 0) is 9.47 Å². The Hall–Kier alpha value is -1.78. The van der Waals surface area contributed by atoms with Crippen LogP contribution < -0.4 is 9.47 Å². The highest BCUT2D eigenvalue weighted by molar-refractivity contribution is 5.57. The predicted octanol–water partition coefficient (Wildman–Crippen LogP) is 3.57. The van der Waals surface area contributed by atoms with E-state index in [2.05, 4.69) is 18.2 Å². The van der Waals surface area contributed by atoms with E-state index in [1.54, 1.807) is 14.2 Å². The summed E-state index contributed by atoms with van der Waals surface area (Å²) in [5, 5.41) is 0. The maximum Gasteiger partial charge on any atom is 0.172 e. The van der Waals surface area contributed by atoms with Crippen molar-refractivity contribution in [3.05, 3.63) is 41.5 Å². The lowest BCUT2D eigenvalue weighted by Gasteiger charge is -2.29. The Morgan fingerprint density at radius 2 is 1.68 bits per heavy atom. The second-order valence-electron chi connectivity index (χ2n) is 5.57. The smallest absolute Gasteiger partial charge is 0.172 e. The summed E-state index contributed by atoms with van der Waals surface area (Å²) in [6.45, 7) is 1.42. The second kappa shape index (κ2) is 6.55. The van der Waals surface area contributed by atoms with E-state index >= 15 is 0 Å². The van der Waals surface area contributed by atoms with Gasteiger partial charge >= 0.3 is 0 Å². The minimum absolute atomic E-state index is 0.351. The highest BCUT2D eigenvalue weighted by atomic mass is 16.7. The first kappa shape index (κ1) is 15.1. The molecule has 0 bridgehead atoms. The van der Waals surface area contributed by atoms with Crippen LogP contribution in [0.4, 0.5) is 0 Å². The number of methoxy groups -OCH3 is 2. The van der Waals surface area contributed by atoms with E-state index < -0.39 is 0 Å². The molecule has 22 heavy (non-hydrogen) atoms. The van der Waals surface area contributed by atoms with Gasteiger partial charge in [-0.05, 0) is 24.1 Å². The summed E-state index contributed by atoms with van der Waals surface area (Å²) >= 11 is 0. The Morgan fingerprint density at radius 3 is 2.23 bits per heavy atom. The van der Waals surface area contributed by atoms with Crippen LogP contribution in [0.15, 0.2) is 35.9 Å². The van der Waals surface area contributed by atoms with Crippen LogP contribution in [0.2, 0.25) is 0 Å². The van der Waals surface area contributed by atoms with E-state index in [0.717, 1.165) is 36.3 Å². The van der Waals surface area contributed by atoms with Crippen LogP contribution in [-0.4, -0.2) is 33.2 Å². The van der Waals surface area contributed by atoms with Crippen molar-refractivity contribution < 1.29 is 18.9 Å². The summed E-state index contributed by atoms with van der Waals surface area (Å²) in [7, 11) is 3.32. The number of benzene rings is 1. The fourth-order valence-corrected chi connectivity index (χ4v) is 2.87. The maximum absolute atomic E-state index is 5.73. The van der Waals surface area contributed by atoms with Gasteiger partial charge in [0.25, 0.3) is 0 Å². The average molecular weight is 302 g/mol. The molecule has 1 saturated heterocycles. The van der Waals surface area contributed by atoms with Crippen molar-refractivity contribution in [1.82, 2.24) is 0 Å². The molecule has 0 atom stereocenters. The topological polar surface area (TPSA) is 36.9 Å². The quantitative estimate of drug-likeness (QED) is 0.852. The average Bonchev–Trinajstić information content (AvgIpc) is 3.02. The van der Waals surface area contributed by atoms with Gasteiger partial charge in [0.15, 0.2) is 5.79 Å². The van der Waals surface area contributed by atoms with Crippen LogP contribution in [0, 0.1) is 0 Å². The SMILES string of the molecule is COc1cc(/C=C/C2=CCC3(CC2)OCCO3)cc(OC)c1. The summed E-state index contributed by atoms with van der Waals surface area (Å²) in [4.78, 5) is 0. The van der Waals surface area contributed by atoms with E-state index in [4.69, 9.17) is 18.9 Å². The Labute approximate surface area is 131 Å². The van der Waals surface area contributed by atoms with Crippen LogP contribution in [0.1, 0.15) is 24.8 Å². The van der Waals surface area contributed by atoms with Crippen LogP contribution >= 0.6 is 0 Å². The van der Waals surface area contributed by atoms with Gasteiger partial charge in [-0.15, -0.1) is 0 Å². The number of rotatable bonds is 4. The lowest BCUT2D eigenvalue weighted by Crippen LogP contribution is -2.31. The van der Waals surface area contributed by atoms with E-state index in [1.165, 1.54) is 5.57 Å². The van der Waals surface area contributed by atoms with Crippen LogP contribution in [0.25, 0.3) is 6.08 Å². The summed E-state index contributed by atoms with van der Waals surface area (Å²) in [5.41, 5.74) is 2.37. The van der Waals surface area contributed by atoms with Crippen molar-refractivity contribution in [2.45, 2.75) is 25.0 Å². The Bertz CT molecular complexity index is 560. The molecule has 4 heteroatoms. The Morgan fingerprint density at radius 1 is 1.00 bits per heavy atom. The summed E-state index contributed by atoms with van der Waals surface area (Å²) in [5.74, 6) is 1.24. The molecule has 0 unspecified atom stereocenters. The van der Waals surface area contributed by atoms with Crippen molar-refractivity contribution in [2.75, 3.05) is 27.4 Å². The molecule has 1 fully saturated rings.